The average Bonchev–Trinajstić information content (AvgIpc) is 3.76. The van der Waals surface area contributed by atoms with Crippen molar-refractivity contribution in [2.45, 2.75) is 0 Å². The van der Waals surface area contributed by atoms with Gasteiger partial charge in [0.1, 0.15) is 0 Å². The van der Waals surface area contributed by atoms with Gasteiger partial charge in [0.25, 0.3) is 0 Å². The van der Waals surface area contributed by atoms with E-state index in [0.717, 1.165) is 66.8 Å². The highest BCUT2D eigenvalue weighted by atomic mass is 15.0. The zero-order valence-electron chi connectivity index (χ0n) is 37.9. The molecule has 1 aliphatic carbocycles. The highest BCUT2D eigenvalue weighted by Gasteiger charge is 2.22. The van der Waals surface area contributed by atoms with E-state index in [9.17, 15) is 5.26 Å². The average molecular weight is 889 g/mol. The molecular formula is C66H40N4. The van der Waals surface area contributed by atoms with Crippen molar-refractivity contribution in [1.82, 2.24) is 15.0 Å². The van der Waals surface area contributed by atoms with Gasteiger partial charge < -0.3 is 0 Å². The molecule has 0 atom stereocenters. The highest BCUT2D eigenvalue weighted by Crippen LogP contribution is 2.48. The molecule has 1 aromatic heterocycles. The third-order valence-corrected chi connectivity index (χ3v) is 13.7. The van der Waals surface area contributed by atoms with Gasteiger partial charge in [0.05, 0.1) is 11.6 Å². The maximum atomic E-state index is 10.3. The molecule has 0 amide bonds. The van der Waals surface area contributed by atoms with Crippen molar-refractivity contribution < 1.29 is 0 Å². The Labute approximate surface area is 406 Å². The summed E-state index contributed by atoms with van der Waals surface area (Å²) in [5.74, 6) is 1.78. The van der Waals surface area contributed by atoms with E-state index in [4.69, 9.17) is 15.0 Å². The van der Waals surface area contributed by atoms with Crippen LogP contribution in [0.5, 0.6) is 0 Å². The van der Waals surface area contributed by atoms with Crippen LogP contribution in [-0.4, -0.2) is 15.0 Å². The molecule has 13 rings (SSSR count). The second-order valence-electron chi connectivity index (χ2n) is 17.8. The fourth-order valence-electron chi connectivity index (χ4n) is 10.4. The minimum atomic E-state index is 0.581. The minimum absolute atomic E-state index is 0.581. The van der Waals surface area contributed by atoms with Crippen LogP contribution in [0.2, 0.25) is 0 Å². The largest absolute Gasteiger partial charge is 0.208 e. The molecule has 0 unspecified atom stereocenters. The number of benzene rings is 11. The first kappa shape index (κ1) is 40.7. The molecule has 0 spiro atoms. The van der Waals surface area contributed by atoms with Crippen LogP contribution >= 0.6 is 0 Å². The van der Waals surface area contributed by atoms with Gasteiger partial charge in [-0.1, -0.05) is 212 Å². The maximum Gasteiger partial charge on any atom is 0.164 e. The molecule has 0 radical (unpaired) electrons. The SMILES string of the molecule is N#Cc1cc(-c2ccc(-c3ccc4c(c3)-c3cccc5cccc-4c35)cc2)cc(-c2cccc(-c3ccccc3-c3nc(-c4ccccc4)nc(-c4ccccc4-c4cccc5ccccc45)n3)c2)c1. The molecule has 0 N–H and O–H groups in total. The standard InChI is InChI=1S/C66H40N4/c67-41-42-36-51(44-32-30-43(31-33-44)49-34-35-57-58-28-12-18-46-19-13-29-59(63(46)58)62(57)40-49)39-52(37-42)48-20-10-21-50(38-48)54-23-6-8-25-60(54)65-68-64(47-15-2-1-3-16-47)69-66(70-65)61-26-9-7-24-56(61)55-27-11-17-45-14-4-5-22-53(45)55/h1-40H. The topological polar surface area (TPSA) is 62.5 Å². The molecule has 1 aliphatic rings. The van der Waals surface area contributed by atoms with Crippen LogP contribution < -0.4 is 0 Å². The van der Waals surface area contributed by atoms with E-state index in [-0.39, 0.29) is 0 Å². The summed E-state index contributed by atoms with van der Waals surface area (Å²) >= 11 is 0. The predicted molar refractivity (Wildman–Crippen MR) is 287 cm³/mol. The fraction of sp³-hybridized carbons (Fsp3) is 0. The van der Waals surface area contributed by atoms with Crippen LogP contribution in [0.4, 0.5) is 0 Å². The van der Waals surface area contributed by atoms with Gasteiger partial charge in [0.2, 0.25) is 0 Å². The Balaban J connectivity index is 0.862. The van der Waals surface area contributed by atoms with Gasteiger partial charge in [-0.25, -0.2) is 15.0 Å². The highest BCUT2D eigenvalue weighted by molar-refractivity contribution is 6.15. The van der Waals surface area contributed by atoms with E-state index in [1.165, 1.54) is 49.4 Å². The molecule has 70 heavy (non-hydrogen) atoms. The van der Waals surface area contributed by atoms with Crippen LogP contribution in [0, 0.1) is 11.3 Å². The van der Waals surface area contributed by atoms with Crippen molar-refractivity contribution in [3.63, 3.8) is 0 Å². The Bertz CT molecular complexity index is 4060. The molecular weight excluding hydrogens is 849 g/mol. The van der Waals surface area contributed by atoms with Gasteiger partial charge in [-0.05, 0) is 130 Å². The number of rotatable bonds is 8. The molecule has 12 aromatic rings. The molecule has 0 fully saturated rings. The maximum absolute atomic E-state index is 10.3. The number of aromatic nitrogens is 3. The summed E-state index contributed by atoms with van der Waals surface area (Å²) in [5.41, 5.74) is 19.0. The van der Waals surface area contributed by atoms with Crippen LogP contribution in [0.1, 0.15) is 5.56 Å². The van der Waals surface area contributed by atoms with E-state index < -0.39 is 0 Å². The van der Waals surface area contributed by atoms with Crippen molar-refractivity contribution in [2.75, 3.05) is 0 Å². The number of nitriles is 1. The molecule has 0 bridgehead atoms. The monoisotopic (exact) mass is 888 g/mol. The van der Waals surface area contributed by atoms with Crippen molar-refractivity contribution in [3.05, 3.63) is 248 Å². The molecule has 4 heteroatoms. The number of hydrogen-bond donors (Lipinski definition) is 0. The Morgan fingerprint density at radius 1 is 0.257 bits per heavy atom. The Kier molecular flexibility index (Phi) is 9.85. The van der Waals surface area contributed by atoms with E-state index in [2.05, 4.69) is 194 Å². The lowest BCUT2D eigenvalue weighted by atomic mass is 9.92. The second-order valence-corrected chi connectivity index (χ2v) is 17.8. The normalized spacial score (nSPS) is 11.4. The smallest absolute Gasteiger partial charge is 0.164 e. The van der Waals surface area contributed by atoms with Crippen molar-refractivity contribution in [1.29, 1.82) is 5.26 Å². The zero-order chi connectivity index (χ0) is 46.5. The summed E-state index contributed by atoms with van der Waals surface area (Å²) in [7, 11) is 0. The van der Waals surface area contributed by atoms with Gasteiger partial charge in [0.15, 0.2) is 17.5 Å². The van der Waals surface area contributed by atoms with Gasteiger partial charge in [-0.15, -0.1) is 0 Å². The lowest BCUT2D eigenvalue weighted by Gasteiger charge is -2.15. The first-order valence-electron chi connectivity index (χ1n) is 23.6. The predicted octanol–water partition coefficient (Wildman–Crippen LogP) is 17.0. The van der Waals surface area contributed by atoms with Crippen LogP contribution in [0.25, 0.3) is 134 Å². The molecule has 1 heterocycles. The third kappa shape index (κ3) is 7.13. The van der Waals surface area contributed by atoms with E-state index in [0.29, 0.717) is 23.0 Å². The first-order valence-corrected chi connectivity index (χ1v) is 23.6. The van der Waals surface area contributed by atoms with Gasteiger partial charge >= 0.3 is 0 Å². The number of fused-ring (bicyclic) bond motifs is 4. The molecule has 4 nitrogen and oxygen atoms in total. The van der Waals surface area contributed by atoms with E-state index in [1.54, 1.807) is 0 Å². The quantitative estimate of drug-likeness (QED) is 0.152. The summed E-state index contributed by atoms with van der Waals surface area (Å²) in [6, 6.07) is 87.5. The van der Waals surface area contributed by atoms with Crippen molar-refractivity contribution in [3.8, 4) is 118 Å². The Morgan fingerprint density at radius 2 is 0.714 bits per heavy atom. The summed E-state index contributed by atoms with van der Waals surface area (Å²) in [6.07, 6.45) is 0. The first-order chi connectivity index (χ1) is 34.6. The Morgan fingerprint density at radius 3 is 1.46 bits per heavy atom. The molecule has 0 aliphatic heterocycles. The van der Waals surface area contributed by atoms with Gasteiger partial charge in [-0.2, -0.15) is 5.26 Å². The molecule has 11 aromatic carbocycles. The van der Waals surface area contributed by atoms with Crippen LogP contribution in [0.15, 0.2) is 243 Å². The third-order valence-electron chi connectivity index (χ3n) is 13.7. The van der Waals surface area contributed by atoms with Gasteiger partial charge in [-0.3, -0.25) is 0 Å². The Hall–Kier alpha value is -9.56. The lowest BCUT2D eigenvalue weighted by molar-refractivity contribution is 1.07. The van der Waals surface area contributed by atoms with E-state index in [1.807, 2.05) is 54.6 Å². The summed E-state index contributed by atoms with van der Waals surface area (Å²) in [6.45, 7) is 0. The lowest BCUT2D eigenvalue weighted by Crippen LogP contribution is -2.02. The minimum Gasteiger partial charge on any atom is -0.208 e. The van der Waals surface area contributed by atoms with E-state index >= 15 is 0 Å². The van der Waals surface area contributed by atoms with Crippen LogP contribution in [-0.2, 0) is 0 Å². The second kappa shape index (κ2) is 16.9. The summed E-state index contributed by atoms with van der Waals surface area (Å²) < 4.78 is 0. The fourth-order valence-corrected chi connectivity index (χ4v) is 10.4. The summed E-state index contributed by atoms with van der Waals surface area (Å²) in [5, 5.41) is 15.3. The number of nitrogens with zero attached hydrogens (tertiary/aromatic N) is 4. The van der Waals surface area contributed by atoms with Crippen molar-refractivity contribution >= 4 is 21.5 Å². The van der Waals surface area contributed by atoms with Gasteiger partial charge in [0, 0.05) is 16.7 Å². The zero-order valence-corrected chi connectivity index (χ0v) is 37.9. The summed E-state index contributed by atoms with van der Waals surface area (Å²) in [4.78, 5) is 15.7. The molecule has 0 saturated heterocycles. The van der Waals surface area contributed by atoms with Crippen molar-refractivity contribution in [2.24, 2.45) is 0 Å². The van der Waals surface area contributed by atoms with Crippen LogP contribution in [0.3, 0.4) is 0 Å². The molecule has 0 saturated carbocycles. The molecule has 324 valence electrons. The number of hydrogen-bond acceptors (Lipinski definition) is 4.